The van der Waals surface area contributed by atoms with E-state index in [1.54, 1.807) is 14.2 Å². The lowest BCUT2D eigenvalue weighted by molar-refractivity contribution is 0.395. The number of nitrogens with two attached hydrogens (primary N) is 1. The van der Waals surface area contributed by atoms with E-state index >= 15 is 0 Å². The first kappa shape index (κ1) is 13.1. The number of hydrogen-bond donors (Lipinski definition) is 2. The van der Waals surface area contributed by atoms with Crippen LogP contribution in [0.1, 0.15) is 5.56 Å². The van der Waals surface area contributed by atoms with Crippen molar-refractivity contribution in [2.45, 2.75) is 6.92 Å². The fourth-order valence-electron chi connectivity index (χ4n) is 1.90. The Morgan fingerprint density at radius 3 is 2.47 bits per heavy atom. The number of para-hydroxylation sites is 1. The number of aryl methyl sites for hydroxylation is 1. The number of anilines is 3. The van der Waals surface area contributed by atoms with Gasteiger partial charge in [0.05, 0.1) is 31.3 Å². The number of rotatable bonds is 4. The van der Waals surface area contributed by atoms with Crippen molar-refractivity contribution in [3.8, 4) is 11.5 Å². The highest BCUT2D eigenvalue weighted by atomic mass is 16.5. The Morgan fingerprint density at radius 1 is 1.05 bits per heavy atom. The van der Waals surface area contributed by atoms with Gasteiger partial charge in [0.2, 0.25) is 0 Å². The van der Waals surface area contributed by atoms with Gasteiger partial charge in [-0.3, -0.25) is 0 Å². The Morgan fingerprint density at radius 2 is 1.84 bits per heavy atom. The van der Waals surface area contributed by atoms with Gasteiger partial charge in [0.15, 0.2) is 0 Å². The fourth-order valence-corrected chi connectivity index (χ4v) is 1.90. The fraction of sp³-hybridized carbons (Fsp3) is 0.200. The number of nitrogens with one attached hydrogen (secondary N) is 1. The van der Waals surface area contributed by atoms with Crippen molar-refractivity contribution in [1.82, 2.24) is 0 Å². The van der Waals surface area contributed by atoms with E-state index in [1.807, 2.05) is 43.3 Å². The molecule has 0 amide bonds. The second-order valence-electron chi connectivity index (χ2n) is 4.23. The first-order valence-corrected chi connectivity index (χ1v) is 6.00. The van der Waals surface area contributed by atoms with Gasteiger partial charge in [-0.2, -0.15) is 0 Å². The topological polar surface area (TPSA) is 56.5 Å². The lowest BCUT2D eigenvalue weighted by Gasteiger charge is -2.15. The minimum atomic E-state index is 0.706. The van der Waals surface area contributed by atoms with Crippen molar-refractivity contribution in [2.75, 3.05) is 25.3 Å². The molecule has 0 saturated heterocycles. The monoisotopic (exact) mass is 258 g/mol. The van der Waals surface area contributed by atoms with E-state index in [4.69, 9.17) is 15.2 Å². The third kappa shape index (κ3) is 2.73. The van der Waals surface area contributed by atoms with Gasteiger partial charge in [-0.15, -0.1) is 0 Å². The molecule has 3 N–H and O–H groups in total. The van der Waals surface area contributed by atoms with Crippen molar-refractivity contribution in [2.24, 2.45) is 0 Å². The van der Waals surface area contributed by atoms with Gasteiger partial charge in [0.1, 0.15) is 11.5 Å². The smallest absolute Gasteiger partial charge is 0.145 e. The largest absolute Gasteiger partial charge is 0.497 e. The predicted octanol–water partition coefficient (Wildman–Crippen LogP) is 3.34. The molecule has 0 radical (unpaired) electrons. The number of benzene rings is 2. The lowest BCUT2D eigenvalue weighted by Crippen LogP contribution is -2.00. The molecule has 2 aromatic rings. The highest BCUT2D eigenvalue weighted by Gasteiger charge is 2.08. The van der Waals surface area contributed by atoms with Gasteiger partial charge in [-0.25, -0.2) is 0 Å². The van der Waals surface area contributed by atoms with Gasteiger partial charge in [0, 0.05) is 6.07 Å². The van der Waals surface area contributed by atoms with E-state index in [-0.39, 0.29) is 0 Å². The van der Waals surface area contributed by atoms with E-state index in [9.17, 15) is 0 Å². The quantitative estimate of drug-likeness (QED) is 0.826. The summed E-state index contributed by atoms with van der Waals surface area (Å²) in [5.74, 6) is 1.46. The van der Waals surface area contributed by atoms with E-state index < -0.39 is 0 Å². The van der Waals surface area contributed by atoms with Crippen molar-refractivity contribution in [3.05, 3.63) is 42.0 Å². The van der Waals surface area contributed by atoms with Crippen LogP contribution < -0.4 is 20.5 Å². The van der Waals surface area contributed by atoms with Crippen LogP contribution in [-0.4, -0.2) is 14.2 Å². The third-order valence-corrected chi connectivity index (χ3v) is 2.97. The van der Waals surface area contributed by atoms with E-state index in [2.05, 4.69) is 5.32 Å². The third-order valence-electron chi connectivity index (χ3n) is 2.97. The zero-order chi connectivity index (χ0) is 13.8. The zero-order valence-electron chi connectivity index (χ0n) is 11.4. The van der Waals surface area contributed by atoms with Crippen LogP contribution in [0.5, 0.6) is 11.5 Å². The Hall–Kier alpha value is -2.36. The maximum Gasteiger partial charge on any atom is 0.145 e. The van der Waals surface area contributed by atoms with Crippen molar-refractivity contribution >= 4 is 17.1 Å². The second-order valence-corrected chi connectivity index (χ2v) is 4.23. The molecule has 4 nitrogen and oxygen atoms in total. The summed E-state index contributed by atoms with van der Waals surface area (Å²) in [5.41, 5.74) is 9.52. The Balaban J connectivity index is 2.38. The minimum Gasteiger partial charge on any atom is -0.497 e. The summed E-state index contributed by atoms with van der Waals surface area (Å²) in [7, 11) is 3.25. The van der Waals surface area contributed by atoms with Crippen LogP contribution >= 0.6 is 0 Å². The number of hydrogen-bond acceptors (Lipinski definition) is 4. The van der Waals surface area contributed by atoms with Gasteiger partial charge in [-0.05, 0) is 30.7 Å². The van der Waals surface area contributed by atoms with Crippen LogP contribution in [0.2, 0.25) is 0 Å². The van der Waals surface area contributed by atoms with Crippen LogP contribution in [0.25, 0.3) is 0 Å². The first-order chi connectivity index (χ1) is 9.15. The molecule has 0 aliphatic heterocycles. The van der Waals surface area contributed by atoms with E-state index in [0.29, 0.717) is 11.4 Å². The summed E-state index contributed by atoms with van der Waals surface area (Å²) in [6, 6.07) is 11.4. The Bertz CT molecular complexity index is 562. The van der Waals surface area contributed by atoms with Gasteiger partial charge >= 0.3 is 0 Å². The highest BCUT2D eigenvalue weighted by molar-refractivity contribution is 5.78. The van der Waals surface area contributed by atoms with Crippen molar-refractivity contribution < 1.29 is 9.47 Å². The highest BCUT2D eigenvalue weighted by Crippen LogP contribution is 2.34. The molecule has 0 aliphatic rings. The summed E-state index contributed by atoms with van der Waals surface area (Å²) in [4.78, 5) is 0. The Labute approximate surface area is 113 Å². The molecule has 0 saturated carbocycles. The zero-order valence-corrected chi connectivity index (χ0v) is 11.4. The Kier molecular flexibility index (Phi) is 3.80. The molecule has 0 aromatic heterocycles. The maximum absolute atomic E-state index is 5.99. The molecular formula is C15H18N2O2. The standard InChI is InChI=1S/C15H18N2O2/c1-10-5-4-6-12(16)15(10)17-13-8-7-11(18-2)9-14(13)19-3/h4-9,17H,16H2,1-3H3. The normalized spacial score (nSPS) is 10.1. The molecule has 0 unspecified atom stereocenters. The van der Waals surface area contributed by atoms with Crippen LogP contribution in [0.15, 0.2) is 36.4 Å². The van der Waals surface area contributed by atoms with Gasteiger partial charge in [0.25, 0.3) is 0 Å². The van der Waals surface area contributed by atoms with Gasteiger partial charge in [-0.1, -0.05) is 12.1 Å². The summed E-state index contributed by atoms with van der Waals surface area (Å²) >= 11 is 0. The molecular weight excluding hydrogens is 240 g/mol. The number of nitrogen functional groups attached to an aromatic ring is 1. The van der Waals surface area contributed by atoms with Crippen LogP contribution in [0.3, 0.4) is 0 Å². The van der Waals surface area contributed by atoms with E-state index in [0.717, 1.165) is 22.7 Å². The van der Waals surface area contributed by atoms with E-state index in [1.165, 1.54) is 0 Å². The second kappa shape index (κ2) is 5.52. The minimum absolute atomic E-state index is 0.706. The average molecular weight is 258 g/mol. The molecule has 2 rings (SSSR count). The van der Waals surface area contributed by atoms with Crippen molar-refractivity contribution in [1.29, 1.82) is 0 Å². The summed E-state index contributed by atoms with van der Waals surface area (Å²) in [5, 5.41) is 3.31. The predicted molar refractivity (Wildman–Crippen MR) is 78.4 cm³/mol. The summed E-state index contributed by atoms with van der Waals surface area (Å²) in [6.45, 7) is 2.01. The number of methoxy groups -OCH3 is 2. The molecule has 19 heavy (non-hydrogen) atoms. The summed E-state index contributed by atoms with van der Waals surface area (Å²) in [6.07, 6.45) is 0. The first-order valence-electron chi connectivity index (χ1n) is 6.00. The lowest BCUT2D eigenvalue weighted by atomic mass is 10.1. The maximum atomic E-state index is 5.99. The summed E-state index contributed by atoms with van der Waals surface area (Å²) < 4.78 is 10.5. The van der Waals surface area contributed by atoms with Crippen LogP contribution in [-0.2, 0) is 0 Å². The van der Waals surface area contributed by atoms with Gasteiger partial charge < -0.3 is 20.5 Å². The molecule has 0 fully saturated rings. The van der Waals surface area contributed by atoms with Crippen molar-refractivity contribution in [3.63, 3.8) is 0 Å². The molecule has 0 atom stereocenters. The molecule has 0 spiro atoms. The average Bonchev–Trinajstić information content (AvgIpc) is 2.43. The molecule has 2 aromatic carbocycles. The molecule has 100 valence electrons. The molecule has 4 heteroatoms. The number of ether oxygens (including phenoxy) is 2. The van der Waals surface area contributed by atoms with Crippen LogP contribution in [0, 0.1) is 6.92 Å². The molecule has 0 heterocycles. The van der Waals surface area contributed by atoms with Crippen LogP contribution in [0.4, 0.5) is 17.1 Å². The molecule has 0 aliphatic carbocycles. The SMILES string of the molecule is COc1ccc(Nc2c(C)cccc2N)c(OC)c1. The molecule has 0 bridgehead atoms.